The lowest BCUT2D eigenvalue weighted by atomic mass is 10.1. The number of hydrogen-bond acceptors (Lipinski definition) is 1. The van der Waals surface area contributed by atoms with Gasteiger partial charge in [0.1, 0.15) is 17.3 Å². The van der Waals surface area contributed by atoms with E-state index in [9.17, 15) is 4.39 Å². The predicted octanol–water partition coefficient (Wildman–Crippen LogP) is 5.29. The van der Waals surface area contributed by atoms with Crippen molar-refractivity contribution in [1.82, 2.24) is 0 Å². The molecule has 1 nitrogen and oxygen atoms in total. The minimum absolute atomic E-state index is 0.306. The summed E-state index contributed by atoms with van der Waals surface area (Å²) >= 11 is 0. The molecule has 0 bridgehead atoms. The zero-order chi connectivity index (χ0) is 13.8. The topological polar surface area (TPSA) is 9.23 Å². The average Bonchev–Trinajstić information content (AvgIpc) is 2.49. The fraction of sp³-hybridized carbons (Fsp3) is 0. The summed E-state index contributed by atoms with van der Waals surface area (Å²) in [6.45, 7) is 0. The van der Waals surface area contributed by atoms with Crippen LogP contribution in [-0.4, -0.2) is 0 Å². The minimum Gasteiger partial charge on any atom is -0.457 e. The SMILES string of the molecule is Fc1cccc(Oc2ccccc2-c2ccccc2)c1. The van der Waals surface area contributed by atoms with Gasteiger partial charge in [0, 0.05) is 11.6 Å². The Labute approximate surface area is 117 Å². The number of rotatable bonds is 3. The molecule has 0 radical (unpaired) electrons. The van der Waals surface area contributed by atoms with E-state index in [1.165, 1.54) is 12.1 Å². The molecule has 0 aliphatic carbocycles. The second-order valence-electron chi connectivity index (χ2n) is 4.42. The molecule has 3 rings (SSSR count). The first-order chi connectivity index (χ1) is 9.83. The molecule has 0 spiro atoms. The van der Waals surface area contributed by atoms with Crippen molar-refractivity contribution in [3.05, 3.63) is 84.7 Å². The first-order valence-electron chi connectivity index (χ1n) is 6.41. The van der Waals surface area contributed by atoms with Gasteiger partial charge in [0.05, 0.1) is 0 Å². The second-order valence-corrected chi connectivity index (χ2v) is 4.42. The summed E-state index contributed by atoms with van der Waals surface area (Å²) in [6, 6.07) is 23.9. The molecule has 0 saturated heterocycles. The maximum Gasteiger partial charge on any atom is 0.135 e. The Morgan fingerprint density at radius 1 is 0.700 bits per heavy atom. The largest absolute Gasteiger partial charge is 0.457 e. The number of ether oxygens (including phenoxy) is 1. The van der Waals surface area contributed by atoms with Crippen LogP contribution in [0.5, 0.6) is 11.5 Å². The van der Waals surface area contributed by atoms with Crippen LogP contribution in [0.25, 0.3) is 11.1 Å². The van der Waals surface area contributed by atoms with Gasteiger partial charge in [-0.25, -0.2) is 4.39 Å². The third kappa shape index (κ3) is 2.69. The third-order valence-corrected chi connectivity index (χ3v) is 3.00. The van der Waals surface area contributed by atoms with E-state index in [-0.39, 0.29) is 5.82 Å². The van der Waals surface area contributed by atoms with Crippen LogP contribution >= 0.6 is 0 Å². The monoisotopic (exact) mass is 264 g/mol. The lowest BCUT2D eigenvalue weighted by molar-refractivity contribution is 0.478. The molecule has 0 atom stereocenters. The van der Waals surface area contributed by atoms with Gasteiger partial charge >= 0.3 is 0 Å². The standard InChI is InChI=1S/C18H13FO/c19-15-9-6-10-16(13-15)20-18-12-5-4-11-17(18)14-7-2-1-3-8-14/h1-13H. The van der Waals surface area contributed by atoms with Crippen LogP contribution in [0.15, 0.2) is 78.9 Å². The zero-order valence-corrected chi connectivity index (χ0v) is 10.8. The average molecular weight is 264 g/mol. The fourth-order valence-electron chi connectivity index (χ4n) is 2.07. The van der Waals surface area contributed by atoms with E-state index in [0.29, 0.717) is 11.5 Å². The maximum atomic E-state index is 13.2. The number of hydrogen-bond donors (Lipinski definition) is 0. The molecule has 0 heterocycles. The van der Waals surface area contributed by atoms with Crippen molar-refractivity contribution in [2.24, 2.45) is 0 Å². The Kier molecular flexibility index (Phi) is 3.46. The predicted molar refractivity (Wildman–Crippen MR) is 78.4 cm³/mol. The van der Waals surface area contributed by atoms with Crippen LogP contribution in [0.3, 0.4) is 0 Å². The van der Waals surface area contributed by atoms with Gasteiger partial charge in [-0.3, -0.25) is 0 Å². The van der Waals surface area contributed by atoms with Crippen LogP contribution < -0.4 is 4.74 Å². The molecule has 0 aliphatic rings. The van der Waals surface area contributed by atoms with Crippen molar-refractivity contribution in [1.29, 1.82) is 0 Å². The Morgan fingerprint density at radius 3 is 2.25 bits per heavy atom. The molecule has 0 fully saturated rings. The van der Waals surface area contributed by atoms with Gasteiger partial charge in [-0.1, -0.05) is 54.6 Å². The summed E-state index contributed by atoms with van der Waals surface area (Å²) < 4.78 is 19.0. The van der Waals surface area contributed by atoms with Crippen molar-refractivity contribution in [3.63, 3.8) is 0 Å². The molecule has 0 aliphatic heterocycles. The molecule has 2 heteroatoms. The molecular weight excluding hydrogens is 251 g/mol. The molecular formula is C18H13FO. The van der Waals surface area contributed by atoms with Crippen molar-refractivity contribution >= 4 is 0 Å². The van der Waals surface area contributed by atoms with Gasteiger partial charge in [-0.2, -0.15) is 0 Å². The highest BCUT2D eigenvalue weighted by Crippen LogP contribution is 2.33. The van der Waals surface area contributed by atoms with Gasteiger partial charge < -0.3 is 4.74 Å². The lowest BCUT2D eigenvalue weighted by Gasteiger charge is -2.11. The van der Waals surface area contributed by atoms with Crippen molar-refractivity contribution < 1.29 is 9.13 Å². The zero-order valence-electron chi connectivity index (χ0n) is 10.8. The normalized spacial score (nSPS) is 10.2. The molecule has 0 aromatic heterocycles. The highest BCUT2D eigenvalue weighted by molar-refractivity contribution is 5.70. The summed E-state index contributed by atoms with van der Waals surface area (Å²) in [5.41, 5.74) is 2.05. The van der Waals surface area contributed by atoms with E-state index >= 15 is 0 Å². The van der Waals surface area contributed by atoms with Crippen LogP contribution in [0.4, 0.5) is 4.39 Å². The molecule has 3 aromatic carbocycles. The summed E-state index contributed by atoms with van der Waals surface area (Å²) in [5.74, 6) is 0.900. The van der Waals surface area contributed by atoms with Crippen LogP contribution in [-0.2, 0) is 0 Å². The summed E-state index contributed by atoms with van der Waals surface area (Å²) in [5, 5.41) is 0. The fourth-order valence-corrected chi connectivity index (χ4v) is 2.07. The smallest absolute Gasteiger partial charge is 0.135 e. The molecule has 0 amide bonds. The van der Waals surface area contributed by atoms with Gasteiger partial charge in [-0.05, 0) is 23.8 Å². The third-order valence-electron chi connectivity index (χ3n) is 3.00. The highest BCUT2D eigenvalue weighted by atomic mass is 19.1. The minimum atomic E-state index is -0.306. The van der Waals surface area contributed by atoms with Crippen LogP contribution in [0.2, 0.25) is 0 Å². The van der Waals surface area contributed by atoms with E-state index < -0.39 is 0 Å². The molecule has 0 N–H and O–H groups in total. The van der Waals surface area contributed by atoms with Crippen LogP contribution in [0.1, 0.15) is 0 Å². The maximum absolute atomic E-state index is 13.2. The van der Waals surface area contributed by atoms with E-state index in [1.807, 2.05) is 54.6 Å². The Bertz CT molecular complexity index is 707. The quantitative estimate of drug-likeness (QED) is 0.625. The summed E-state index contributed by atoms with van der Waals surface area (Å²) in [7, 11) is 0. The van der Waals surface area contributed by atoms with Gasteiger partial charge in [0.15, 0.2) is 0 Å². The number of halogens is 1. The number of para-hydroxylation sites is 1. The van der Waals surface area contributed by atoms with Gasteiger partial charge in [0.2, 0.25) is 0 Å². The highest BCUT2D eigenvalue weighted by Gasteiger charge is 2.06. The van der Waals surface area contributed by atoms with Crippen molar-refractivity contribution in [2.45, 2.75) is 0 Å². The van der Waals surface area contributed by atoms with Crippen molar-refractivity contribution in [2.75, 3.05) is 0 Å². The molecule has 3 aromatic rings. The van der Waals surface area contributed by atoms with Gasteiger partial charge in [0.25, 0.3) is 0 Å². The van der Waals surface area contributed by atoms with Crippen molar-refractivity contribution in [3.8, 4) is 22.6 Å². The summed E-state index contributed by atoms with van der Waals surface area (Å²) in [4.78, 5) is 0. The lowest BCUT2D eigenvalue weighted by Crippen LogP contribution is -1.88. The molecule has 98 valence electrons. The first kappa shape index (κ1) is 12.4. The summed E-state index contributed by atoms with van der Waals surface area (Å²) in [6.07, 6.45) is 0. The van der Waals surface area contributed by atoms with E-state index in [2.05, 4.69) is 0 Å². The number of benzene rings is 3. The van der Waals surface area contributed by atoms with E-state index in [1.54, 1.807) is 12.1 Å². The Morgan fingerprint density at radius 2 is 1.45 bits per heavy atom. The van der Waals surface area contributed by atoms with E-state index in [0.717, 1.165) is 11.1 Å². The molecule has 0 saturated carbocycles. The Balaban J connectivity index is 1.99. The Hall–Kier alpha value is -2.61. The molecule has 0 unspecified atom stereocenters. The second kappa shape index (κ2) is 5.57. The first-order valence-corrected chi connectivity index (χ1v) is 6.41. The van der Waals surface area contributed by atoms with Gasteiger partial charge in [-0.15, -0.1) is 0 Å². The van der Waals surface area contributed by atoms with E-state index in [4.69, 9.17) is 4.74 Å². The molecule has 20 heavy (non-hydrogen) atoms. The van der Waals surface area contributed by atoms with Crippen LogP contribution in [0, 0.1) is 5.82 Å².